The Bertz CT molecular complexity index is 554. The Morgan fingerprint density at radius 1 is 1.37 bits per heavy atom. The van der Waals surface area contributed by atoms with Gasteiger partial charge in [0, 0.05) is 21.8 Å². The second-order valence-corrected chi connectivity index (χ2v) is 10.1. The van der Waals surface area contributed by atoms with Crippen LogP contribution >= 0.6 is 11.3 Å². The largest absolute Gasteiger partial charge is 0.306 e. The van der Waals surface area contributed by atoms with Crippen molar-refractivity contribution in [1.82, 2.24) is 5.32 Å². The lowest BCUT2D eigenvalue weighted by atomic mass is 9.95. The molecule has 1 aliphatic heterocycles. The van der Waals surface area contributed by atoms with Crippen LogP contribution in [0.1, 0.15) is 43.9 Å². The van der Waals surface area contributed by atoms with Crippen LogP contribution in [-0.4, -0.2) is 25.5 Å². The number of thiophene rings is 1. The Hall–Kier alpha value is -0.390. The minimum Gasteiger partial charge on any atom is -0.306 e. The van der Waals surface area contributed by atoms with Crippen LogP contribution in [0.3, 0.4) is 0 Å². The van der Waals surface area contributed by atoms with Crippen LogP contribution < -0.4 is 5.32 Å². The number of nitrogens with one attached hydrogen (secondary N) is 1. The normalized spacial score (nSPS) is 26.7. The summed E-state index contributed by atoms with van der Waals surface area (Å²) >= 11 is 1.81. The van der Waals surface area contributed by atoms with E-state index in [0.29, 0.717) is 12.2 Å². The fourth-order valence-corrected chi connectivity index (χ4v) is 5.45. The molecule has 1 atom stereocenters. The van der Waals surface area contributed by atoms with Crippen LogP contribution in [-0.2, 0) is 21.8 Å². The first-order valence-corrected chi connectivity index (χ1v) is 9.28. The van der Waals surface area contributed by atoms with E-state index in [9.17, 15) is 8.42 Å². The summed E-state index contributed by atoms with van der Waals surface area (Å²) in [6.45, 7) is 9.39. The summed E-state index contributed by atoms with van der Waals surface area (Å²) in [7, 11) is -2.84. The molecule has 0 aliphatic carbocycles. The van der Waals surface area contributed by atoms with Crippen LogP contribution in [0.25, 0.3) is 0 Å². The number of sulfone groups is 1. The van der Waals surface area contributed by atoms with Gasteiger partial charge in [-0.2, -0.15) is 0 Å². The third-order valence-corrected chi connectivity index (χ3v) is 7.01. The quantitative estimate of drug-likeness (QED) is 0.933. The number of hydrogen-bond donors (Lipinski definition) is 1. The van der Waals surface area contributed by atoms with Gasteiger partial charge in [-0.25, -0.2) is 8.42 Å². The topological polar surface area (TPSA) is 46.2 Å². The molecule has 0 spiro atoms. The van der Waals surface area contributed by atoms with Crippen molar-refractivity contribution in [3.63, 3.8) is 0 Å². The number of hydrogen-bond acceptors (Lipinski definition) is 4. The molecule has 0 saturated carbocycles. The summed E-state index contributed by atoms with van der Waals surface area (Å²) in [6.07, 6.45) is 0.715. The smallest absolute Gasteiger partial charge is 0.152 e. The van der Waals surface area contributed by atoms with Crippen molar-refractivity contribution in [3.8, 4) is 0 Å². The molecule has 108 valence electrons. The van der Waals surface area contributed by atoms with E-state index in [1.165, 1.54) is 9.75 Å². The van der Waals surface area contributed by atoms with E-state index in [1.54, 1.807) is 0 Å². The van der Waals surface area contributed by atoms with Crippen molar-refractivity contribution in [2.75, 3.05) is 11.5 Å². The Kier molecular flexibility index (Phi) is 3.84. The molecule has 1 unspecified atom stereocenters. The van der Waals surface area contributed by atoms with E-state index in [1.807, 2.05) is 18.3 Å². The van der Waals surface area contributed by atoms with Gasteiger partial charge in [-0.3, -0.25) is 0 Å². The summed E-state index contributed by atoms with van der Waals surface area (Å²) in [5.74, 6) is 0.575. The van der Waals surface area contributed by atoms with E-state index >= 15 is 0 Å². The average molecular weight is 301 g/mol. The highest BCUT2D eigenvalue weighted by atomic mass is 32.2. The molecule has 1 fully saturated rings. The van der Waals surface area contributed by atoms with E-state index < -0.39 is 9.84 Å². The Balaban J connectivity index is 1.98. The second kappa shape index (κ2) is 4.86. The molecular weight excluding hydrogens is 278 g/mol. The van der Waals surface area contributed by atoms with Gasteiger partial charge in [0.15, 0.2) is 9.84 Å². The summed E-state index contributed by atoms with van der Waals surface area (Å²) in [5.41, 5.74) is -0.0752. The van der Waals surface area contributed by atoms with Crippen LogP contribution in [0.2, 0.25) is 0 Å². The Morgan fingerprint density at radius 2 is 2.05 bits per heavy atom. The molecule has 19 heavy (non-hydrogen) atoms. The molecular formula is C14H23NO2S2. The van der Waals surface area contributed by atoms with E-state index in [2.05, 4.69) is 38.2 Å². The lowest BCUT2D eigenvalue weighted by molar-refractivity contribution is 0.397. The zero-order chi connectivity index (χ0) is 14.3. The van der Waals surface area contributed by atoms with Crippen LogP contribution in [0, 0.1) is 0 Å². The third kappa shape index (κ3) is 3.80. The Labute approximate surface area is 120 Å². The molecule has 1 aromatic heterocycles. The third-order valence-electron chi connectivity index (χ3n) is 3.59. The predicted molar refractivity (Wildman–Crippen MR) is 81.5 cm³/mol. The van der Waals surface area contributed by atoms with Crippen LogP contribution in [0.15, 0.2) is 12.1 Å². The zero-order valence-electron chi connectivity index (χ0n) is 12.1. The average Bonchev–Trinajstić information content (AvgIpc) is 2.80. The summed E-state index contributed by atoms with van der Waals surface area (Å²) < 4.78 is 23.1. The first-order valence-electron chi connectivity index (χ1n) is 6.64. The lowest BCUT2D eigenvalue weighted by Gasteiger charge is -2.23. The molecule has 0 bridgehead atoms. The molecule has 1 N–H and O–H groups in total. The zero-order valence-corrected chi connectivity index (χ0v) is 13.7. The van der Waals surface area contributed by atoms with Crippen molar-refractivity contribution in [2.24, 2.45) is 0 Å². The SMILES string of the molecule is CC1(NCc2ccc(C(C)(C)C)s2)CCS(=O)(=O)C1. The van der Waals surface area contributed by atoms with Crippen molar-refractivity contribution < 1.29 is 8.42 Å². The van der Waals surface area contributed by atoms with Gasteiger partial charge in [-0.1, -0.05) is 20.8 Å². The van der Waals surface area contributed by atoms with Crippen molar-refractivity contribution in [1.29, 1.82) is 0 Å². The fourth-order valence-electron chi connectivity index (χ4n) is 2.33. The van der Waals surface area contributed by atoms with E-state index in [-0.39, 0.29) is 16.7 Å². The molecule has 2 rings (SSSR count). The van der Waals surface area contributed by atoms with Gasteiger partial charge in [-0.05, 0) is 30.9 Å². The van der Waals surface area contributed by atoms with E-state index in [4.69, 9.17) is 0 Å². The molecule has 1 saturated heterocycles. The fraction of sp³-hybridized carbons (Fsp3) is 0.714. The monoisotopic (exact) mass is 301 g/mol. The van der Waals surface area contributed by atoms with Gasteiger partial charge >= 0.3 is 0 Å². The molecule has 1 aromatic rings. The standard InChI is InChI=1S/C14H23NO2S2/c1-13(2,3)12-6-5-11(18-12)9-15-14(4)7-8-19(16,17)10-14/h5-6,15H,7-10H2,1-4H3. The van der Waals surface area contributed by atoms with Gasteiger partial charge in [0.2, 0.25) is 0 Å². The van der Waals surface area contributed by atoms with Crippen LogP contribution in [0.5, 0.6) is 0 Å². The van der Waals surface area contributed by atoms with Crippen LogP contribution in [0.4, 0.5) is 0 Å². The molecule has 0 aromatic carbocycles. The maximum absolute atomic E-state index is 11.6. The molecule has 1 aliphatic rings. The first-order chi connectivity index (χ1) is 8.60. The maximum atomic E-state index is 11.6. The molecule has 0 amide bonds. The Morgan fingerprint density at radius 3 is 2.53 bits per heavy atom. The van der Waals surface area contributed by atoms with Crippen molar-refractivity contribution >= 4 is 21.2 Å². The van der Waals surface area contributed by atoms with E-state index in [0.717, 1.165) is 6.54 Å². The minimum atomic E-state index is -2.84. The van der Waals surface area contributed by atoms with Gasteiger partial charge in [0.05, 0.1) is 11.5 Å². The number of rotatable bonds is 3. The van der Waals surface area contributed by atoms with Crippen molar-refractivity contribution in [2.45, 2.75) is 51.6 Å². The summed E-state index contributed by atoms with van der Waals surface area (Å²) in [6, 6.07) is 4.32. The molecule has 5 heteroatoms. The summed E-state index contributed by atoms with van der Waals surface area (Å²) in [5, 5.41) is 3.43. The van der Waals surface area contributed by atoms with Gasteiger partial charge < -0.3 is 5.32 Å². The summed E-state index contributed by atoms with van der Waals surface area (Å²) in [4.78, 5) is 2.64. The predicted octanol–water partition coefficient (Wildman–Crippen LogP) is 2.71. The maximum Gasteiger partial charge on any atom is 0.152 e. The van der Waals surface area contributed by atoms with Gasteiger partial charge in [0.1, 0.15) is 0 Å². The van der Waals surface area contributed by atoms with Crippen molar-refractivity contribution in [3.05, 3.63) is 21.9 Å². The first kappa shape index (κ1) is 15.0. The molecule has 2 heterocycles. The highest BCUT2D eigenvalue weighted by molar-refractivity contribution is 7.91. The highest BCUT2D eigenvalue weighted by Gasteiger charge is 2.37. The molecule has 0 radical (unpaired) electrons. The second-order valence-electron chi connectivity index (χ2n) is 6.77. The van der Waals surface area contributed by atoms with Gasteiger partial charge in [0.25, 0.3) is 0 Å². The highest BCUT2D eigenvalue weighted by Crippen LogP contribution is 2.30. The van der Waals surface area contributed by atoms with Gasteiger partial charge in [-0.15, -0.1) is 11.3 Å². The minimum absolute atomic E-state index is 0.184. The lowest BCUT2D eigenvalue weighted by Crippen LogP contribution is -2.42. The molecule has 3 nitrogen and oxygen atoms in total.